The summed E-state index contributed by atoms with van der Waals surface area (Å²) in [5.74, 6) is 0. The van der Waals surface area contributed by atoms with Gasteiger partial charge in [-0.25, -0.2) is 13.1 Å². The number of aryl methyl sites for hydroxylation is 1. The Labute approximate surface area is 108 Å². The summed E-state index contributed by atoms with van der Waals surface area (Å²) in [5, 5.41) is 0. The first-order valence-electron chi connectivity index (χ1n) is 5.74. The molecule has 0 aliphatic carbocycles. The maximum absolute atomic E-state index is 12.1. The summed E-state index contributed by atoms with van der Waals surface area (Å²) in [6.45, 7) is 4.50. The molecule has 0 aromatic heterocycles. The summed E-state index contributed by atoms with van der Waals surface area (Å²) in [6.07, 6.45) is 0.635. The third kappa shape index (κ3) is 3.69. The van der Waals surface area contributed by atoms with Gasteiger partial charge in [0.05, 0.1) is 4.90 Å². The van der Waals surface area contributed by atoms with E-state index in [0.717, 1.165) is 11.1 Å². The zero-order chi connectivity index (χ0) is 13.8. The van der Waals surface area contributed by atoms with Crippen molar-refractivity contribution in [2.45, 2.75) is 25.2 Å². The maximum atomic E-state index is 12.1. The molecule has 0 aliphatic heterocycles. The van der Waals surface area contributed by atoms with E-state index in [9.17, 15) is 8.42 Å². The number of nitrogen functional groups attached to an aromatic ring is 1. The molecule has 102 valence electrons. The first-order valence-corrected chi connectivity index (χ1v) is 7.22. The summed E-state index contributed by atoms with van der Waals surface area (Å²) in [6, 6.07) is 3.25. The molecule has 0 atom stereocenters. The Morgan fingerprint density at radius 1 is 1.33 bits per heavy atom. The minimum absolute atomic E-state index is 0.248. The molecule has 18 heavy (non-hydrogen) atoms. The van der Waals surface area contributed by atoms with Crippen LogP contribution in [0.1, 0.15) is 17.5 Å². The number of hydrogen-bond donors (Lipinski definition) is 2. The predicted octanol–water partition coefficient (Wildman–Crippen LogP) is 1.20. The van der Waals surface area contributed by atoms with Crippen LogP contribution in [0.3, 0.4) is 0 Å². The van der Waals surface area contributed by atoms with Crippen molar-refractivity contribution in [2.75, 3.05) is 26.0 Å². The van der Waals surface area contributed by atoms with E-state index in [-0.39, 0.29) is 4.90 Å². The highest BCUT2D eigenvalue weighted by Crippen LogP contribution is 2.22. The summed E-state index contributed by atoms with van der Waals surface area (Å²) in [5.41, 5.74) is 7.74. The minimum Gasteiger partial charge on any atom is -0.399 e. The van der Waals surface area contributed by atoms with E-state index >= 15 is 0 Å². The number of benzene rings is 1. The van der Waals surface area contributed by atoms with Crippen molar-refractivity contribution in [1.29, 1.82) is 0 Å². The molecular weight excluding hydrogens is 252 g/mol. The molecule has 0 unspecified atom stereocenters. The van der Waals surface area contributed by atoms with E-state index in [1.54, 1.807) is 20.1 Å². The van der Waals surface area contributed by atoms with Crippen LogP contribution in [0.15, 0.2) is 17.0 Å². The third-order valence-electron chi connectivity index (χ3n) is 2.75. The Bertz CT molecular complexity index is 512. The van der Waals surface area contributed by atoms with Crippen molar-refractivity contribution in [3.05, 3.63) is 23.3 Å². The molecule has 0 radical (unpaired) electrons. The highest BCUT2D eigenvalue weighted by atomic mass is 32.2. The van der Waals surface area contributed by atoms with Crippen LogP contribution in [0.4, 0.5) is 5.69 Å². The lowest BCUT2D eigenvalue weighted by molar-refractivity contribution is 0.196. The van der Waals surface area contributed by atoms with Crippen LogP contribution in [-0.2, 0) is 14.8 Å². The van der Waals surface area contributed by atoms with Gasteiger partial charge in [-0.2, -0.15) is 0 Å². The van der Waals surface area contributed by atoms with E-state index in [1.165, 1.54) is 6.07 Å². The molecule has 0 fully saturated rings. The Morgan fingerprint density at radius 2 is 2.00 bits per heavy atom. The molecule has 5 nitrogen and oxygen atoms in total. The number of nitrogens with two attached hydrogens (primary N) is 1. The third-order valence-corrected chi connectivity index (χ3v) is 4.34. The molecule has 1 aromatic rings. The zero-order valence-electron chi connectivity index (χ0n) is 11.0. The van der Waals surface area contributed by atoms with Gasteiger partial charge in [0.25, 0.3) is 0 Å². The molecule has 1 aromatic carbocycles. The Balaban J connectivity index is 2.91. The van der Waals surface area contributed by atoms with Crippen LogP contribution in [0.25, 0.3) is 0 Å². The highest BCUT2D eigenvalue weighted by molar-refractivity contribution is 7.89. The van der Waals surface area contributed by atoms with E-state index in [2.05, 4.69) is 4.72 Å². The van der Waals surface area contributed by atoms with Gasteiger partial charge in [-0.15, -0.1) is 0 Å². The quantitative estimate of drug-likeness (QED) is 0.602. The van der Waals surface area contributed by atoms with Gasteiger partial charge in [-0.05, 0) is 43.5 Å². The lowest BCUT2D eigenvalue weighted by Crippen LogP contribution is -2.26. The fourth-order valence-corrected chi connectivity index (χ4v) is 3.06. The number of hydrogen-bond acceptors (Lipinski definition) is 4. The van der Waals surface area contributed by atoms with Gasteiger partial charge < -0.3 is 10.5 Å². The van der Waals surface area contributed by atoms with Gasteiger partial charge in [-0.1, -0.05) is 0 Å². The average Bonchev–Trinajstić information content (AvgIpc) is 2.29. The molecule has 1 rings (SSSR count). The van der Waals surface area contributed by atoms with Crippen molar-refractivity contribution < 1.29 is 13.2 Å². The molecule has 3 N–H and O–H groups in total. The predicted molar refractivity (Wildman–Crippen MR) is 72.0 cm³/mol. The second kappa shape index (κ2) is 6.17. The number of anilines is 1. The Kier molecular flexibility index (Phi) is 5.13. The second-order valence-corrected chi connectivity index (χ2v) is 5.94. The summed E-state index contributed by atoms with van der Waals surface area (Å²) < 4.78 is 31.6. The molecule has 0 saturated heterocycles. The highest BCUT2D eigenvalue weighted by Gasteiger charge is 2.17. The van der Waals surface area contributed by atoms with Crippen molar-refractivity contribution in [1.82, 2.24) is 4.72 Å². The van der Waals surface area contributed by atoms with E-state index in [1.807, 2.05) is 6.92 Å². The number of methoxy groups -OCH3 is 1. The van der Waals surface area contributed by atoms with Gasteiger partial charge in [0.2, 0.25) is 10.0 Å². The van der Waals surface area contributed by atoms with Gasteiger partial charge >= 0.3 is 0 Å². The monoisotopic (exact) mass is 272 g/mol. The fourth-order valence-electron chi connectivity index (χ4n) is 1.63. The standard InChI is InChI=1S/C12H20N2O3S/c1-9-7-11(13)8-12(10(9)2)18(15,16)14-5-4-6-17-3/h7-8,14H,4-6,13H2,1-3H3. The first kappa shape index (κ1) is 14.9. The molecular formula is C12H20N2O3S. The molecule has 0 heterocycles. The normalized spacial score (nSPS) is 11.7. The molecule has 0 spiro atoms. The van der Waals surface area contributed by atoms with E-state index < -0.39 is 10.0 Å². The van der Waals surface area contributed by atoms with E-state index in [0.29, 0.717) is 25.3 Å². The smallest absolute Gasteiger partial charge is 0.240 e. The van der Waals surface area contributed by atoms with Crippen LogP contribution >= 0.6 is 0 Å². The lowest BCUT2D eigenvalue weighted by atomic mass is 10.1. The van der Waals surface area contributed by atoms with Crippen molar-refractivity contribution in [2.24, 2.45) is 0 Å². The molecule has 6 heteroatoms. The van der Waals surface area contributed by atoms with E-state index in [4.69, 9.17) is 10.5 Å². The zero-order valence-corrected chi connectivity index (χ0v) is 11.8. The largest absolute Gasteiger partial charge is 0.399 e. The number of rotatable bonds is 6. The maximum Gasteiger partial charge on any atom is 0.240 e. The van der Waals surface area contributed by atoms with Crippen molar-refractivity contribution in [3.8, 4) is 0 Å². The van der Waals surface area contributed by atoms with Crippen LogP contribution in [0.5, 0.6) is 0 Å². The SMILES string of the molecule is COCCCNS(=O)(=O)c1cc(N)cc(C)c1C. The molecule has 0 saturated carbocycles. The summed E-state index contributed by atoms with van der Waals surface area (Å²) in [7, 11) is -1.92. The minimum atomic E-state index is -3.50. The van der Waals surface area contributed by atoms with Gasteiger partial charge in [0.15, 0.2) is 0 Å². The summed E-state index contributed by atoms with van der Waals surface area (Å²) >= 11 is 0. The Morgan fingerprint density at radius 3 is 2.61 bits per heavy atom. The van der Waals surface area contributed by atoms with Crippen LogP contribution in [0.2, 0.25) is 0 Å². The average molecular weight is 272 g/mol. The number of ether oxygens (including phenoxy) is 1. The molecule has 0 amide bonds. The summed E-state index contributed by atoms with van der Waals surface area (Å²) in [4.78, 5) is 0.248. The lowest BCUT2D eigenvalue weighted by Gasteiger charge is -2.12. The molecule has 0 aliphatic rings. The van der Waals surface area contributed by atoms with Gasteiger partial charge in [0, 0.05) is 25.9 Å². The fraction of sp³-hybridized carbons (Fsp3) is 0.500. The van der Waals surface area contributed by atoms with Gasteiger partial charge in [-0.3, -0.25) is 0 Å². The van der Waals surface area contributed by atoms with Crippen molar-refractivity contribution in [3.63, 3.8) is 0 Å². The molecule has 0 bridgehead atoms. The van der Waals surface area contributed by atoms with Crippen LogP contribution in [-0.4, -0.2) is 28.7 Å². The Hall–Kier alpha value is -1.11. The number of nitrogens with one attached hydrogen (secondary N) is 1. The second-order valence-electron chi connectivity index (χ2n) is 4.21. The first-order chi connectivity index (χ1) is 8.38. The van der Waals surface area contributed by atoms with Crippen LogP contribution < -0.4 is 10.5 Å². The topological polar surface area (TPSA) is 81.4 Å². The van der Waals surface area contributed by atoms with Crippen molar-refractivity contribution >= 4 is 15.7 Å². The van der Waals surface area contributed by atoms with Gasteiger partial charge in [0.1, 0.15) is 0 Å². The van der Waals surface area contributed by atoms with Crippen LogP contribution in [0, 0.1) is 13.8 Å². The number of sulfonamides is 1.